The lowest BCUT2D eigenvalue weighted by Crippen LogP contribution is -2.35. The molecule has 2 unspecified atom stereocenters. The molecule has 0 fully saturated rings. The summed E-state index contributed by atoms with van der Waals surface area (Å²) in [6.07, 6.45) is 12.1. The van der Waals surface area contributed by atoms with E-state index in [4.69, 9.17) is 27.8 Å². The average Bonchev–Trinajstić information content (AvgIpc) is 3.56. The minimum Gasteiger partial charge on any atom is -0.396 e. The zero-order chi connectivity index (χ0) is 61.1. The molecule has 2 aliphatic rings. The number of carbonyl (C=O) groups is 4. The fraction of sp³-hybridized carbons (Fsp3) is 0.741. The molecule has 4 amide bonds. The highest BCUT2D eigenvalue weighted by Gasteiger charge is 2.20. The van der Waals surface area contributed by atoms with Crippen molar-refractivity contribution in [2.24, 2.45) is 38.1 Å². The van der Waals surface area contributed by atoms with Crippen LogP contribution < -0.4 is 22.9 Å². The van der Waals surface area contributed by atoms with E-state index in [9.17, 15) is 29.4 Å². The third-order valence-electron chi connectivity index (χ3n) is 12.8. The Kier molecular flexibility index (Phi) is 49.5. The molecule has 2 bridgehead atoms. The van der Waals surface area contributed by atoms with Crippen LogP contribution in [0.4, 0.5) is 0 Å². The highest BCUT2D eigenvalue weighted by molar-refractivity contribution is 8.01. The molecule has 0 aromatic heterocycles. The molecule has 18 nitrogen and oxygen atoms in total. The minimum absolute atomic E-state index is 0.00979. The van der Waals surface area contributed by atoms with E-state index in [0.717, 1.165) is 151 Å². The number of hydrogen-bond acceptors (Lipinski definition) is 18. The molecule has 26 heteroatoms. The van der Waals surface area contributed by atoms with Gasteiger partial charge in [-0.05, 0) is 120 Å². The fourth-order valence-corrected chi connectivity index (χ4v) is 15.8. The number of aliphatic hydroxyl groups is 2. The second kappa shape index (κ2) is 53.6. The van der Waals surface area contributed by atoms with E-state index in [1.54, 1.807) is 35.8 Å². The fourth-order valence-electron chi connectivity index (χ4n) is 8.12. The molecule has 0 saturated carbocycles. The van der Waals surface area contributed by atoms with E-state index < -0.39 is 12.2 Å². The molecule has 2 heterocycles. The van der Waals surface area contributed by atoms with Crippen molar-refractivity contribution in [3.05, 3.63) is 48.0 Å². The van der Waals surface area contributed by atoms with Crippen molar-refractivity contribution < 1.29 is 34.2 Å². The van der Waals surface area contributed by atoms with E-state index in [-0.39, 0.29) is 35.5 Å². The van der Waals surface area contributed by atoms with Crippen LogP contribution in [0.2, 0.25) is 0 Å². The number of fused-ring (bicyclic) bond motifs is 53. The lowest BCUT2D eigenvalue weighted by Gasteiger charge is -2.23. The summed E-state index contributed by atoms with van der Waals surface area (Å²) in [5, 5.41) is 25.6. The van der Waals surface area contributed by atoms with Crippen molar-refractivity contribution in [3.63, 3.8) is 0 Å². The van der Waals surface area contributed by atoms with Crippen LogP contribution in [0.15, 0.2) is 52.1 Å². The van der Waals surface area contributed by atoms with Gasteiger partial charge in [-0.3, -0.25) is 29.2 Å². The summed E-state index contributed by atoms with van der Waals surface area (Å²) in [5.74, 6) is 13.7. The van der Waals surface area contributed by atoms with Crippen molar-refractivity contribution in [2.75, 3.05) is 158 Å². The number of nitrogens with zero attached hydrogens (tertiary/aromatic N) is 7. The van der Waals surface area contributed by atoms with Crippen molar-refractivity contribution >= 4 is 136 Å². The van der Waals surface area contributed by atoms with Gasteiger partial charge in [-0.25, -0.2) is 0 Å². The van der Waals surface area contributed by atoms with Crippen molar-refractivity contribution in [2.45, 2.75) is 109 Å². The molecular weight excluding hydrogens is 1220 g/mol. The molecule has 1 aromatic rings. The maximum absolute atomic E-state index is 13.3. The summed E-state index contributed by atoms with van der Waals surface area (Å²) in [6.45, 7) is 11.9. The zero-order valence-corrected chi connectivity index (χ0v) is 56.8. The van der Waals surface area contributed by atoms with Crippen LogP contribution in [0.1, 0.15) is 102 Å². The predicted octanol–water partition coefficient (Wildman–Crippen LogP) is 7.28. The Morgan fingerprint density at radius 1 is 0.560 bits per heavy atom. The van der Waals surface area contributed by atoms with Crippen LogP contribution in [0.5, 0.6) is 0 Å². The van der Waals surface area contributed by atoms with E-state index in [2.05, 4.69) is 28.6 Å². The largest absolute Gasteiger partial charge is 0.396 e. The summed E-state index contributed by atoms with van der Waals surface area (Å²) in [4.78, 5) is 74.4. The van der Waals surface area contributed by atoms with Gasteiger partial charge in [0.05, 0.1) is 31.5 Å². The summed E-state index contributed by atoms with van der Waals surface area (Å²) in [6, 6.07) is 8.04. The first kappa shape index (κ1) is 77.7. The number of carbonyl (C=O) groups excluding carboxylic acids is 4. The molecule has 0 radical (unpaired) electrons. The molecule has 0 aliphatic carbocycles. The number of guanidine groups is 2. The van der Waals surface area contributed by atoms with Crippen LogP contribution >= 0.6 is 94.1 Å². The number of nitrogens with two attached hydrogens (primary N) is 4. The van der Waals surface area contributed by atoms with Crippen molar-refractivity contribution in [1.29, 1.82) is 0 Å². The summed E-state index contributed by atoms with van der Waals surface area (Å²) in [7, 11) is 0. The molecule has 84 heavy (non-hydrogen) atoms. The number of unbranched alkanes of at least 4 members (excludes halogenated alkanes) is 1. The molecule has 10 N–H and O–H groups in total. The lowest BCUT2D eigenvalue weighted by atomic mass is 10.1. The molecule has 1 aromatic carbocycles. The van der Waals surface area contributed by atoms with Gasteiger partial charge < -0.3 is 57.6 Å². The quantitative estimate of drug-likeness (QED) is 0.0722. The monoisotopic (exact) mass is 1320 g/mol. The van der Waals surface area contributed by atoms with Crippen molar-refractivity contribution in [1.82, 2.24) is 19.6 Å². The summed E-state index contributed by atoms with van der Waals surface area (Å²) >= 11 is 14.2. The maximum Gasteiger partial charge on any atom is 0.223 e. The Labute approximate surface area is 538 Å². The number of thioether (sulfide) groups is 8. The van der Waals surface area contributed by atoms with Gasteiger partial charge in [-0.1, -0.05) is 48.8 Å². The second-order valence-corrected chi connectivity index (χ2v) is 29.6. The molecule has 2 atom stereocenters. The maximum atomic E-state index is 13.3. The average molecular weight is 1320 g/mol. The number of benzene rings is 1. The number of amides is 4. The molecule has 480 valence electrons. The molecule has 3 rings (SSSR count). The minimum atomic E-state index is -0.901. The lowest BCUT2D eigenvalue weighted by molar-refractivity contribution is -0.131. The number of oxime groups is 1. The first-order valence-electron chi connectivity index (χ1n) is 29.9. The van der Waals surface area contributed by atoms with Crippen LogP contribution in [0.25, 0.3) is 0 Å². The SMILES string of the molecule is C=CCN1Cc2ccc(cc2)C=NOCCCSCCCSCCC(=O)N(CCN=C(N)N)CCCSCCCSCCC(=O)N(CCN=C(N)N)CCCSCC(O)C(O)CSCCC(=O)N(CCCC)CCCSCCCSCCC1=O. The Balaban J connectivity index is 1.92. The normalized spacial score (nSPS) is 21.0. The third kappa shape index (κ3) is 42.5. The van der Waals surface area contributed by atoms with Gasteiger partial charge in [0, 0.05) is 113 Å². The first-order valence-corrected chi connectivity index (χ1v) is 39.1. The number of aliphatic imine (C=N–C) groups is 2. The zero-order valence-electron chi connectivity index (χ0n) is 50.3. The Morgan fingerprint density at radius 3 is 1.38 bits per heavy atom. The van der Waals surface area contributed by atoms with Gasteiger partial charge in [0.2, 0.25) is 23.6 Å². The smallest absolute Gasteiger partial charge is 0.223 e. The van der Waals surface area contributed by atoms with Crippen LogP contribution in [-0.4, -0.2) is 241 Å². The standard InChI is InChI=1S/C58H103N11O7S8/c1-3-5-24-66-25-6-31-77-35-11-39-82-43-19-56(75)69(23-4-2)46-50-15-13-49(14-16-50)45-65-76-30-9-34-79-37-12-40-81-41-17-54(73)67(28-21-63-57(59)60)26-7-32-78-36-10-38-80-42-18-55(74)68(29-22-64-58(61)62)27-8-33-83-47-51(70)52(71)48-84-44-20-53(66)72/h4,13-16,45,51-52,70-71H,2-3,5-12,17-44,46-48H2,1H3,(H4,59,60,63)(H4,61,62,64). The van der Waals surface area contributed by atoms with Crippen molar-refractivity contribution in [3.8, 4) is 0 Å². The van der Waals surface area contributed by atoms with Gasteiger partial charge in [0.1, 0.15) is 6.61 Å². The third-order valence-corrected chi connectivity index (χ3v) is 21.7. The summed E-state index contributed by atoms with van der Waals surface area (Å²) < 4.78 is 0. The highest BCUT2D eigenvalue weighted by atomic mass is 32.2. The van der Waals surface area contributed by atoms with Crippen LogP contribution in [-0.2, 0) is 30.6 Å². The highest BCUT2D eigenvalue weighted by Crippen LogP contribution is 2.18. The Bertz CT molecular complexity index is 1980. The van der Waals surface area contributed by atoms with Gasteiger partial charge >= 0.3 is 0 Å². The second-order valence-electron chi connectivity index (χ2n) is 19.9. The van der Waals surface area contributed by atoms with Crippen LogP contribution in [0, 0.1) is 0 Å². The van der Waals surface area contributed by atoms with E-state index in [0.29, 0.717) is 108 Å². The Hall–Kier alpha value is -2.43. The molecule has 0 spiro atoms. The predicted molar refractivity (Wildman–Crippen MR) is 373 cm³/mol. The topological polar surface area (TPSA) is 272 Å². The molecular formula is C58H103N11O7S8. The molecule has 2 aliphatic heterocycles. The molecule has 0 saturated heterocycles. The van der Waals surface area contributed by atoms with E-state index in [1.165, 1.54) is 11.8 Å². The summed E-state index contributed by atoms with van der Waals surface area (Å²) in [5.41, 5.74) is 24.3. The van der Waals surface area contributed by atoms with Gasteiger partial charge in [0.25, 0.3) is 0 Å². The van der Waals surface area contributed by atoms with Gasteiger partial charge in [-0.2, -0.15) is 94.1 Å². The Morgan fingerprint density at radius 2 is 0.940 bits per heavy atom. The number of hydrogen-bond donors (Lipinski definition) is 6. The van der Waals surface area contributed by atoms with E-state index >= 15 is 0 Å². The van der Waals surface area contributed by atoms with E-state index in [1.807, 2.05) is 103 Å². The first-order chi connectivity index (χ1) is 40.8. The number of aliphatic hydroxyl groups excluding tert-OH is 2. The van der Waals surface area contributed by atoms with Gasteiger partial charge in [0.15, 0.2) is 11.9 Å². The number of rotatable bonds is 11. The van der Waals surface area contributed by atoms with Crippen LogP contribution in [0.3, 0.4) is 0 Å². The van der Waals surface area contributed by atoms with Gasteiger partial charge in [-0.15, -0.1) is 6.58 Å².